The van der Waals surface area contributed by atoms with Crippen molar-refractivity contribution in [2.45, 2.75) is 6.61 Å². The molecule has 0 saturated carbocycles. The molecule has 3 nitrogen and oxygen atoms in total. The fourth-order valence-corrected chi connectivity index (χ4v) is 2.36. The molecule has 3 aromatic carbocycles. The first kappa shape index (κ1) is 17.1. The maximum atomic E-state index is 5.90. The quantitative estimate of drug-likeness (QED) is 0.425. The second-order valence-corrected chi connectivity index (χ2v) is 5.84. The van der Waals surface area contributed by atoms with Crippen LogP contribution in [-0.4, -0.2) is 12.3 Å². The first-order valence-electron chi connectivity index (χ1n) is 7.98. The summed E-state index contributed by atoms with van der Waals surface area (Å²) in [7, 11) is 0. The Morgan fingerprint density at radius 1 is 0.800 bits per heavy atom. The zero-order valence-corrected chi connectivity index (χ0v) is 14.4. The summed E-state index contributed by atoms with van der Waals surface area (Å²) in [5, 5.41) is 4.96. The number of oxime groups is 1. The maximum absolute atomic E-state index is 5.90. The highest BCUT2D eigenvalue weighted by Gasteiger charge is 2.06. The zero-order chi connectivity index (χ0) is 17.3. The van der Waals surface area contributed by atoms with Crippen LogP contribution in [-0.2, 0) is 11.4 Å². The predicted molar refractivity (Wildman–Crippen MR) is 101 cm³/mol. The van der Waals surface area contributed by atoms with E-state index in [-0.39, 0.29) is 0 Å². The van der Waals surface area contributed by atoms with Crippen LogP contribution in [0.4, 0.5) is 0 Å². The van der Waals surface area contributed by atoms with Crippen molar-refractivity contribution in [1.29, 1.82) is 0 Å². The fraction of sp³-hybridized carbons (Fsp3) is 0.0952. The molecule has 0 N–H and O–H groups in total. The SMILES string of the molecule is Clc1ccc(OCC(=NOCc2ccccc2)c2ccccc2)cc1. The third kappa shape index (κ3) is 5.37. The minimum Gasteiger partial charge on any atom is -0.487 e. The minimum atomic E-state index is 0.306. The van der Waals surface area contributed by atoms with Crippen LogP contribution >= 0.6 is 11.6 Å². The number of hydrogen-bond donors (Lipinski definition) is 0. The molecular weight excluding hydrogens is 334 g/mol. The first-order chi connectivity index (χ1) is 12.3. The van der Waals surface area contributed by atoms with E-state index in [1.54, 1.807) is 12.1 Å². The van der Waals surface area contributed by atoms with E-state index in [1.807, 2.05) is 72.8 Å². The van der Waals surface area contributed by atoms with E-state index in [4.69, 9.17) is 21.2 Å². The third-order valence-corrected chi connectivity index (χ3v) is 3.80. The second kappa shape index (κ2) is 8.90. The number of nitrogens with zero attached hydrogens (tertiary/aromatic N) is 1. The van der Waals surface area contributed by atoms with Crippen LogP contribution in [0.2, 0.25) is 5.02 Å². The van der Waals surface area contributed by atoms with Gasteiger partial charge in [0.1, 0.15) is 24.7 Å². The summed E-state index contributed by atoms with van der Waals surface area (Å²) >= 11 is 5.90. The molecule has 0 atom stereocenters. The second-order valence-electron chi connectivity index (χ2n) is 5.41. The number of rotatable bonds is 7. The topological polar surface area (TPSA) is 30.8 Å². The molecule has 3 rings (SSSR count). The molecule has 0 saturated heterocycles. The highest BCUT2D eigenvalue weighted by molar-refractivity contribution is 6.30. The van der Waals surface area contributed by atoms with Crippen molar-refractivity contribution in [3.8, 4) is 5.75 Å². The summed E-state index contributed by atoms with van der Waals surface area (Å²) in [6.45, 7) is 0.721. The molecule has 0 fully saturated rings. The molecule has 4 heteroatoms. The molecule has 0 unspecified atom stereocenters. The fourth-order valence-electron chi connectivity index (χ4n) is 2.23. The molecule has 0 aliphatic rings. The summed E-state index contributed by atoms with van der Waals surface area (Å²) in [5.41, 5.74) is 2.76. The van der Waals surface area contributed by atoms with Crippen molar-refractivity contribution in [2.75, 3.05) is 6.61 Å². The summed E-state index contributed by atoms with van der Waals surface area (Å²) in [6, 6.07) is 27.0. The van der Waals surface area contributed by atoms with E-state index in [9.17, 15) is 0 Å². The van der Waals surface area contributed by atoms with Gasteiger partial charge in [-0.05, 0) is 29.8 Å². The molecule has 0 radical (unpaired) electrons. The Morgan fingerprint density at radius 3 is 2.12 bits per heavy atom. The van der Waals surface area contributed by atoms with Crippen molar-refractivity contribution in [2.24, 2.45) is 5.16 Å². The van der Waals surface area contributed by atoms with Crippen LogP contribution in [0.5, 0.6) is 5.75 Å². The lowest BCUT2D eigenvalue weighted by Gasteiger charge is -2.10. The Bertz CT molecular complexity index is 802. The van der Waals surface area contributed by atoms with E-state index in [2.05, 4.69) is 5.16 Å². The molecule has 0 heterocycles. The van der Waals surface area contributed by atoms with Crippen LogP contribution < -0.4 is 4.74 Å². The van der Waals surface area contributed by atoms with E-state index >= 15 is 0 Å². The van der Waals surface area contributed by atoms with Gasteiger partial charge >= 0.3 is 0 Å². The minimum absolute atomic E-state index is 0.306. The van der Waals surface area contributed by atoms with E-state index < -0.39 is 0 Å². The van der Waals surface area contributed by atoms with E-state index in [1.165, 1.54) is 0 Å². The van der Waals surface area contributed by atoms with Crippen LogP contribution in [0.3, 0.4) is 0 Å². The van der Waals surface area contributed by atoms with Gasteiger partial charge in [0.15, 0.2) is 0 Å². The van der Waals surface area contributed by atoms with Crippen molar-refractivity contribution < 1.29 is 9.57 Å². The van der Waals surface area contributed by atoms with Gasteiger partial charge in [-0.3, -0.25) is 0 Å². The Balaban J connectivity index is 1.68. The van der Waals surface area contributed by atoms with Crippen LogP contribution in [0.15, 0.2) is 90.1 Å². The zero-order valence-electron chi connectivity index (χ0n) is 13.6. The van der Waals surface area contributed by atoms with E-state index in [0.29, 0.717) is 18.2 Å². The molecule has 0 aromatic heterocycles. The van der Waals surface area contributed by atoms with Gasteiger partial charge in [-0.2, -0.15) is 0 Å². The lowest BCUT2D eigenvalue weighted by molar-refractivity contribution is 0.129. The highest BCUT2D eigenvalue weighted by atomic mass is 35.5. The van der Waals surface area contributed by atoms with Crippen molar-refractivity contribution in [3.05, 3.63) is 101 Å². The molecule has 0 spiro atoms. The Labute approximate surface area is 152 Å². The standard InChI is InChI=1S/C21H18ClNO2/c22-19-11-13-20(14-12-19)24-16-21(18-9-5-2-6-10-18)23-25-15-17-7-3-1-4-8-17/h1-14H,15-16H2. The average molecular weight is 352 g/mol. The summed E-state index contributed by atoms with van der Waals surface area (Å²) in [4.78, 5) is 5.53. The molecule has 0 amide bonds. The molecule has 25 heavy (non-hydrogen) atoms. The molecule has 3 aromatic rings. The summed E-state index contributed by atoms with van der Waals surface area (Å²) < 4.78 is 5.81. The summed E-state index contributed by atoms with van der Waals surface area (Å²) in [6.07, 6.45) is 0. The Hall–Kier alpha value is -2.78. The molecule has 0 bridgehead atoms. The molecule has 126 valence electrons. The van der Waals surface area contributed by atoms with Gasteiger partial charge in [0.25, 0.3) is 0 Å². The summed E-state index contributed by atoms with van der Waals surface area (Å²) in [5.74, 6) is 0.732. The smallest absolute Gasteiger partial charge is 0.142 e. The monoisotopic (exact) mass is 351 g/mol. The van der Waals surface area contributed by atoms with Gasteiger partial charge < -0.3 is 9.57 Å². The van der Waals surface area contributed by atoms with Gasteiger partial charge in [-0.25, -0.2) is 0 Å². The lowest BCUT2D eigenvalue weighted by Crippen LogP contribution is -2.13. The van der Waals surface area contributed by atoms with Gasteiger partial charge in [0.05, 0.1) is 0 Å². The average Bonchev–Trinajstić information content (AvgIpc) is 2.67. The van der Waals surface area contributed by atoms with Crippen molar-refractivity contribution in [1.82, 2.24) is 0 Å². The molecule has 0 aliphatic heterocycles. The van der Waals surface area contributed by atoms with Crippen LogP contribution in [0.25, 0.3) is 0 Å². The largest absolute Gasteiger partial charge is 0.487 e. The van der Waals surface area contributed by atoms with E-state index in [0.717, 1.165) is 22.6 Å². The van der Waals surface area contributed by atoms with Crippen molar-refractivity contribution >= 4 is 17.3 Å². The predicted octanol–water partition coefficient (Wildman–Crippen LogP) is 5.34. The first-order valence-corrected chi connectivity index (χ1v) is 8.35. The van der Waals surface area contributed by atoms with Crippen molar-refractivity contribution in [3.63, 3.8) is 0 Å². The van der Waals surface area contributed by atoms with Crippen LogP contribution in [0, 0.1) is 0 Å². The number of hydrogen-bond acceptors (Lipinski definition) is 3. The Kier molecular flexibility index (Phi) is 6.07. The Morgan fingerprint density at radius 2 is 1.44 bits per heavy atom. The normalized spacial score (nSPS) is 11.2. The van der Waals surface area contributed by atoms with Gasteiger partial charge in [0.2, 0.25) is 0 Å². The van der Waals surface area contributed by atoms with Gasteiger partial charge in [0, 0.05) is 10.6 Å². The number of benzene rings is 3. The maximum Gasteiger partial charge on any atom is 0.142 e. The number of ether oxygens (including phenoxy) is 1. The molecule has 0 aliphatic carbocycles. The number of halogens is 1. The van der Waals surface area contributed by atoms with Gasteiger partial charge in [-0.1, -0.05) is 77.4 Å². The van der Waals surface area contributed by atoms with Crippen LogP contribution in [0.1, 0.15) is 11.1 Å². The molecular formula is C21H18ClNO2. The van der Waals surface area contributed by atoms with Gasteiger partial charge in [-0.15, -0.1) is 0 Å². The lowest BCUT2D eigenvalue weighted by atomic mass is 10.1. The third-order valence-electron chi connectivity index (χ3n) is 3.54. The highest BCUT2D eigenvalue weighted by Crippen LogP contribution is 2.16.